The molecule has 0 bridgehead atoms. The number of oxime groups is 1. The fourth-order valence-corrected chi connectivity index (χ4v) is 5.86. The summed E-state index contributed by atoms with van der Waals surface area (Å²) in [4.78, 5) is 42.7. The molecule has 4 rings (SSSR count). The number of tetrazole rings is 1. The van der Waals surface area contributed by atoms with Crippen LogP contribution in [0, 0.1) is 0 Å². The highest BCUT2D eigenvalue weighted by molar-refractivity contribution is 8.01. The number of hydrogen-bond acceptors (Lipinski definition) is 12. The van der Waals surface area contributed by atoms with Gasteiger partial charge in [-0.15, -0.1) is 23.4 Å². The Labute approximate surface area is 206 Å². The number of thioether (sulfide) groups is 2. The molecular formula is C19H19N9O5S2. The summed E-state index contributed by atoms with van der Waals surface area (Å²) in [5.74, 6) is -2.01. The Balaban J connectivity index is 1.48. The summed E-state index contributed by atoms with van der Waals surface area (Å²) in [5, 5.41) is 35.9. The number of aliphatic carboxylic acids is 1. The first kappa shape index (κ1) is 24.2. The molecule has 5 N–H and O–H groups in total. The van der Waals surface area contributed by atoms with Crippen LogP contribution in [0.15, 0.2) is 52.4 Å². The molecule has 0 aromatic carbocycles. The minimum absolute atomic E-state index is 0.0224. The van der Waals surface area contributed by atoms with Crippen molar-refractivity contribution in [2.45, 2.75) is 23.1 Å². The Morgan fingerprint density at radius 3 is 2.91 bits per heavy atom. The zero-order chi connectivity index (χ0) is 25.1. The van der Waals surface area contributed by atoms with Gasteiger partial charge >= 0.3 is 5.97 Å². The fourth-order valence-electron chi connectivity index (χ4n) is 3.49. The van der Waals surface area contributed by atoms with Crippen LogP contribution >= 0.6 is 23.5 Å². The maximum atomic E-state index is 12.9. The highest BCUT2D eigenvalue weighted by atomic mass is 32.2. The number of allylic oxidation sites excluding steroid dienone is 1. The summed E-state index contributed by atoms with van der Waals surface area (Å²) < 4.78 is 1.52. The second kappa shape index (κ2) is 10.1. The molecule has 2 amide bonds. The Hall–Kier alpha value is -3.92. The minimum Gasteiger partial charge on any atom is -0.477 e. The van der Waals surface area contributed by atoms with Crippen LogP contribution in [-0.4, -0.2) is 86.8 Å². The first-order valence-electron chi connectivity index (χ1n) is 10.0. The maximum absolute atomic E-state index is 12.9. The second-order valence-electron chi connectivity index (χ2n) is 7.24. The third-order valence-electron chi connectivity index (χ3n) is 5.04. The average Bonchev–Trinajstić information content (AvgIpc) is 3.28. The summed E-state index contributed by atoms with van der Waals surface area (Å²) in [7, 11) is 0. The second-order valence-corrected chi connectivity index (χ2v) is 9.28. The topological polar surface area (TPSA) is 202 Å². The number of nitrogens with one attached hydrogen (secondary N) is 1. The number of nitrogens with zero attached hydrogens (tertiary/aromatic N) is 7. The number of carbonyl (C=O) groups is 3. The maximum Gasteiger partial charge on any atom is 0.352 e. The Kier molecular flexibility index (Phi) is 7.02. The van der Waals surface area contributed by atoms with Crippen molar-refractivity contribution in [1.29, 1.82) is 0 Å². The molecule has 0 spiro atoms. The van der Waals surface area contributed by atoms with Crippen LogP contribution in [0.1, 0.15) is 5.69 Å². The molecule has 0 aliphatic carbocycles. The Morgan fingerprint density at radius 1 is 1.43 bits per heavy atom. The van der Waals surface area contributed by atoms with Gasteiger partial charge in [0.2, 0.25) is 5.16 Å². The molecule has 35 heavy (non-hydrogen) atoms. The molecule has 2 aromatic rings. The van der Waals surface area contributed by atoms with Crippen molar-refractivity contribution in [3.8, 4) is 0 Å². The van der Waals surface area contributed by atoms with Crippen LogP contribution in [0.5, 0.6) is 0 Å². The van der Waals surface area contributed by atoms with Gasteiger partial charge in [-0.05, 0) is 28.1 Å². The summed E-state index contributed by atoms with van der Waals surface area (Å²) in [6.07, 6.45) is 1.63. The lowest BCUT2D eigenvalue weighted by Crippen LogP contribution is -2.71. The highest BCUT2D eigenvalue weighted by Crippen LogP contribution is 2.41. The van der Waals surface area contributed by atoms with Gasteiger partial charge in [0, 0.05) is 11.5 Å². The van der Waals surface area contributed by atoms with Gasteiger partial charge in [0.05, 0.1) is 6.54 Å². The minimum atomic E-state index is -1.25. The van der Waals surface area contributed by atoms with E-state index in [0.29, 0.717) is 23.0 Å². The van der Waals surface area contributed by atoms with Gasteiger partial charge in [-0.2, -0.15) is 0 Å². The number of anilines is 1. The molecular weight excluding hydrogens is 498 g/mol. The molecule has 4 heterocycles. The third kappa shape index (κ3) is 4.69. The van der Waals surface area contributed by atoms with E-state index in [1.165, 1.54) is 46.4 Å². The van der Waals surface area contributed by atoms with Crippen molar-refractivity contribution in [2.75, 3.05) is 17.2 Å². The number of pyridine rings is 1. The molecule has 2 aliphatic rings. The van der Waals surface area contributed by atoms with Crippen LogP contribution in [-0.2, 0) is 20.9 Å². The van der Waals surface area contributed by atoms with Gasteiger partial charge in [0.1, 0.15) is 28.6 Å². The zero-order valence-electron chi connectivity index (χ0n) is 17.9. The standard InChI is InChI=1S/C19H19N9O5S2/c1-2-6-27-19(23-25-26-27)35-8-9-7-34-17-13(16(30)28(17)14(9)18(31)32)22-15(29)12(24-33)10-4-3-5-11(20)21-10/h2-5,13,17,33H,1,6-8H2,(H2,20,21)(H,22,29)(H,31,32)/t13?,17-/m0/s1. The van der Waals surface area contributed by atoms with E-state index in [0.717, 1.165) is 4.90 Å². The quantitative estimate of drug-likeness (QED) is 0.0834. The molecule has 0 radical (unpaired) electrons. The van der Waals surface area contributed by atoms with E-state index < -0.39 is 34.9 Å². The van der Waals surface area contributed by atoms with E-state index >= 15 is 0 Å². The van der Waals surface area contributed by atoms with E-state index in [1.807, 2.05) is 0 Å². The number of β-lactam (4-membered cyclic amide) rings is 1. The SMILES string of the molecule is C=CCn1nnnc1SCC1=C(C(=O)O)N2C(=O)C(NC(=O)C(=NO)c3cccc(N)n3)[C@@H]2SC1. The number of hydrogen-bond donors (Lipinski definition) is 4. The van der Waals surface area contributed by atoms with E-state index in [2.05, 4.69) is 37.6 Å². The number of fused-ring (bicyclic) bond motifs is 1. The van der Waals surface area contributed by atoms with E-state index in [4.69, 9.17) is 5.73 Å². The predicted molar refractivity (Wildman–Crippen MR) is 125 cm³/mol. The number of rotatable bonds is 9. The predicted octanol–water partition coefficient (Wildman–Crippen LogP) is -0.454. The largest absolute Gasteiger partial charge is 0.477 e. The average molecular weight is 518 g/mol. The van der Waals surface area contributed by atoms with Gasteiger partial charge in [-0.1, -0.05) is 29.1 Å². The lowest BCUT2D eigenvalue weighted by molar-refractivity contribution is -0.150. The van der Waals surface area contributed by atoms with Crippen molar-refractivity contribution in [1.82, 2.24) is 35.4 Å². The zero-order valence-corrected chi connectivity index (χ0v) is 19.6. The van der Waals surface area contributed by atoms with Crippen molar-refractivity contribution in [3.05, 3.63) is 47.8 Å². The first-order valence-corrected chi connectivity index (χ1v) is 12.0. The van der Waals surface area contributed by atoms with Crippen molar-refractivity contribution in [2.24, 2.45) is 5.16 Å². The smallest absolute Gasteiger partial charge is 0.352 e. The number of carbonyl (C=O) groups excluding carboxylic acids is 2. The van der Waals surface area contributed by atoms with Crippen molar-refractivity contribution in [3.63, 3.8) is 0 Å². The van der Waals surface area contributed by atoms with Crippen LogP contribution in [0.3, 0.4) is 0 Å². The van der Waals surface area contributed by atoms with Gasteiger partial charge in [-0.25, -0.2) is 14.5 Å². The van der Waals surface area contributed by atoms with Gasteiger partial charge in [0.25, 0.3) is 11.8 Å². The normalized spacial score (nSPS) is 19.7. The number of amides is 2. The molecule has 14 nitrogen and oxygen atoms in total. The molecule has 2 aromatic heterocycles. The molecule has 16 heteroatoms. The molecule has 1 saturated heterocycles. The number of nitrogen functional groups attached to an aromatic ring is 1. The Morgan fingerprint density at radius 2 is 2.23 bits per heavy atom. The summed E-state index contributed by atoms with van der Waals surface area (Å²) in [6, 6.07) is 3.45. The van der Waals surface area contributed by atoms with Crippen LogP contribution < -0.4 is 11.1 Å². The first-order chi connectivity index (χ1) is 16.8. The van der Waals surface area contributed by atoms with Crippen LogP contribution in [0.4, 0.5) is 5.82 Å². The molecule has 1 unspecified atom stereocenters. The number of aromatic nitrogens is 5. The van der Waals surface area contributed by atoms with Crippen molar-refractivity contribution < 1.29 is 24.7 Å². The molecule has 2 atom stereocenters. The highest BCUT2D eigenvalue weighted by Gasteiger charge is 2.54. The molecule has 0 saturated carbocycles. The molecule has 182 valence electrons. The van der Waals surface area contributed by atoms with Gasteiger partial charge < -0.3 is 21.4 Å². The van der Waals surface area contributed by atoms with E-state index in [-0.39, 0.29) is 23.0 Å². The molecule has 1 fully saturated rings. The lowest BCUT2D eigenvalue weighted by Gasteiger charge is -2.49. The van der Waals surface area contributed by atoms with Crippen LogP contribution in [0.2, 0.25) is 0 Å². The monoisotopic (exact) mass is 517 g/mol. The van der Waals surface area contributed by atoms with E-state index in [1.54, 1.807) is 6.08 Å². The van der Waals surface area contributed by atoms with E-state index in [9.17, 15) is 24.7 Å². The third-order valence-corrected chi connectivity index (χ3v) is 7.42. The summed E-state index contributed by atoms with van der Waals surface area (Å²) in [6.45, 7) is 4.04. The summed E-state index contributed by atoms with van der Waals surface area (Å²) in [5.41, 5.74) is 5.60. The van der Waals surface area contributed by atoms with Crippen LogP contribution in [0.25, 0.3) is 0 Å². The van der Waals surface area contributed by atoms with Gasteiger partial charge in [0.15, 0.2) is 5.71 Å². The number of nitrogens with two attached hydrogens (primary N) is 1. The van der Waals surface area contributed by atoms with Crippen molar-refractivity contribution >= 4 is 52.8 Å². The Bertz CT molecular complexity index is 1260. The molecule has 2 aliphatic heterocycles. The van der Waals surface area contributed by atoms with Gasteiger partial charge in [-0.3, -0.25) is 14.5 Å². The number of carboxylic acids is 1. The fraction of sp³-hybridized carbons (Fsp3) is 0.263. The summed E-state index contributed by atoms with van der Waals surface area (Å²) >= 11 is 2.55. The number of carboxylic acid groups (broad SMARTS) is 1. The lowest BCUT2D eigenvalue weighted by atomic mass is 10.0.